The average molecular weight is 158 g/mol. The summed E-state index contributed by atoms with van der Waals surface area (Å²) in [5, 5.41) is 8.59. The molecule has 0 aliphatic rings. The SMILES string of the molecule is N#C/C(=C\c1ccccc1)CN. The molecule has 0 unspecified atom stereocenters. The second-order valence-electron chi connectivity index (χ2n) is 2.40. The van der Waals surface area contributed by atoms with Gasteiger partial charge >= 0.3 is 0 Å². The molecule has 2 N–H and O–H groups in total. The van der Waals surface area contributed by atoms with Crippen LogP contribution in [0.1, 0.15) is 5.56 Å². The third-order valence-corrected chi connectivity index (χ3v) is 1.50. The lowest BCUT2D eigenvalue weighted by Crippen LogP contribution is -2.00. The molecular formula is C10H10N2. The molecule has 0 amide bonds. The van der Waals surface area contributed by atoms with Crippen LogP contribution in [0.5, 0.6) is 0 Å². The van der Waals surface area contributed by atoms with E-state index >= 15 is 0 Å². The van der Waals surface area contributed by atoms with E-state index in [9.17, 15) is 0 Å². The van der Waals surface area contributed by atoms with Gasteiger partial charge in [-0.1, -0.05) is 30.3 Å². The highest BCUT2D eigenvalue weighted by Gasteiger charge is 1.90. The largest absolute Gasteiger partial charge is 0.326 e. The third kappa shape index (κ3) is 2.22. The van der Waals surface area contributed by atoms with Crippen LogP contribution in [0.4, 0.5) is 0 Å². The van der Waals surface area contributed by atoms with Gasteiger partial charge in [0.25, 0.3) is 0 Å². The highest BCUT2D eigenvalue weighted by Crippen LogP contribution is 2.04. The molecular weight excluding hydrogens is 148 g/mol. The summed E-state index contributed by atoms with van der Waals surface area (Å²) in [4.78, 5) is 0. The van der Waals surface area contributed by atoms with Crippen molar-refractivity contribution < 1.29 is 0 Å². The highest BCUT2D eigenvalue weighted by molar-refractivity contribution is 5.57. The lowest BCUT2D eigenvalue weighted by molar-refractivity contribution is 1.20. The predicted molar refractivity (Wildman–Crippen MR) is 49.1 cm³/mol. The van der Waals surface area contributed by atoms with Crippen molar-refractivity contribution in [2.45, 2.75) is 0 Å². The molecule has 0 atom stereocenters. The van der Waals surface area contributed by atoms with Gasteiger partial charge in [-0.3, -0.25) is 0 Å². The van der Waals surface area contributed by atoms with Crippen LogP contribution in [0.3, 0.4) is 0 Å². The van der Waals surface area contributed by atoms with Gasteiger partial charge in [-0.2, -0.15) is 5.26 Å². The fraction of sp³-hybridized carbons (Fsp3) is 0.100. The molecule has 0 aliphatic carbocycles. The lowest BCUT2D eigenvalue weighted by Gasteiger charge is -1.93. The molecule has 12 heavy (non-hydrogen) atoms. The zero-order chi connectivity index (χ0) is 8.81. The van der Waals surface area contributed by atoms with Crippen LogP contribution in [0, 0.1) is 11.3 Å². The van der Waals surface area contributed by atoms with Gasteiger partial charge in [-0.05, 0) is 11.6 Å². The molecule has 2 nitrogen and oxygen atoms in total. The van der Waals surface area contributed by atoms with Gasteiger partial charge in [0.2, 0.25) is 0 Å². The van der Waals surface area contributed by atoms with Crippen molar-refractivity contribution in [2.24, 2.45) is 5.73 Å². The first-order valence-corrected chi connectivity index (χ1v) is 3.72. The second kappa shape index (κ2) is 4.32. The molecule has 0 aromatic heterocycles. The molecule has 0 radical (unpaired) electrons. The second-order valence-corrected chi connectivity index (χ2v) is 2.40. The summed E-state index contributed by atoms with van der Waals surface area (Å²) in [6.07, 6.45) is 1.79. The van der Waals surface area contributed by atoms with Gasteiger partial charge in [-0.25, -0.2) is 0 Å². The summed E-state index contributed by atoms with van der Waals surface area (Å²) < 4.78 is 0. The van der Waals surface area contributed by atoms with Crippen LogP contribution in [-0.2, 0) is 0 Å². The van der Waals surface area contributed by atoms with Crippen LogP contribution >= 0.6 is 0 Å². The molecule has 0 aliphatic heterocycles. The van der Waals surface area contributed by atoms with E-state index in [0.717, 1.165) is 5.56 Å². The van der Waals surface area contributed by atoms with Crippen molar-refractivity contribution >= 4 is 6.08 Å². The maximum atomic E-state index is 8.59. The maximum absolute atomic E-state index is 8.59. The minimum absolute atomic E-state index is 0.297. The van der Waals surface area contributed by atoms with Gasteiger partial charge in [-0.15, -0.1) is 0 Å². The van der Waals surface area contributed by atoms with Crippen molar-refractivity contribution in [3.05, 3.63) is 41.5 Å². The Bertz CT molecular complexity index is 306. The number of rotatable bonds is 2. The first-order chi connectivity index (χ1) is 5.86. The fourth-order valence-electron chi connectivity index (χ4n) is 0.887. The molecule has 0 heterocycles. The first kappa shape index (κ1) is 8.51. The van der Waals surface area contributed by atoms with E-state index in [1.807, 2.05) is 36.4 Å². The molecule has 1 aromatic rings. The van der Waals surface area contributed by atoms with Crippen molar-refractivity contribution in [1.82, 2.24) is 0 Å². The topological polar surface area (TPSA) is 49.8 Å². The van der Waals surface area contributed by atoms with Crippen LogP contribution in [0.2, 0.25) is 0 Å². The first-order valence-electron chi connectivity index (χ1n) is 3.72. The Morgan fingerprint density at radius 3 is 2.58 bits per heavy atom. The Kier molecular flexibility index (Phi) is 3.06. The molecule has 0 fully saturated rings. The molecule has 0 saturated carbocycles. The van der Waals surface area contributed by atoms with Gasteiger partial charge in [0, 0.05) is 12.1 Å². The van der Waals surface area contributed by atoms with Crippen LogP contribution in [0.15, 0.2) is 35.9 Å². The number of hydrogen-bond donors (Lipinski definition) is 1. The van der Waals surface area contributed by atoms with Crippen LogP contribution < -0.4 is 5.73 Å². The minimum atomic E-state index is 0.297. The number of nitrogens with zero attached hydrogens (tertiary/aromatic N) is 1. The number of nitriles is 1. The summed E-state index contributed by atoms with van der Waals surface area (Å²) in [7, 11) is 0. The highest BCUT2D eigenvalue weighted by atomic mass is 14.5. The zero-order valence-electron chi connectivity index (χ0n) is 6.70. The van der Waals surface area contributed by atoms with E-state index in [0.29, 0.717) is 12.1 Å². The van der Waals surface area contributed by atoms with Gasteiger partial charge in [0.15, 0.2) is 0 Å². The summed E-state index contributed by atoms with van der Waals surface area (Å²) in [5.74, 6) is 0. The van der Waals surface area contributed by atoms with E-state index in [1.54, 1.807) is 6.08 Å². The third-order valence-electron chi connectivity index (χ3n) is 1.50. The monoisotopic (exact) mass is 158 g/mol. The number of benzene rings is 1. The molecule has 2 heteroatoms. The summed E-state index contributed by atoms with van der Waals surface area (Å²) in [6, 6.07) is 11.7. The van der Waals surface area contributed by atoms with Crippen LogP contribution in [-0.4, -0.2) is 6.54 Å². The van der Waals surface area contributed by atoms with E-state index in [1.165, 1.54) is 0 Å². The quantitative estimate of drug-likeness (QED) is 0.664. The lowest BCUT2D eigenvalue weighted by atomic mass is 10.1. The van der Waals surface area contributed by atoms with Crippen LogP contribution in [0.25, 0.3) is 6.08 Å². The summed E-state index contributed by atoms with van der Waals surface area (Å²) >= 11 is 0. The standard InChI is InChI=1S/C10H10N2/c11-7-10(8-12)6-9-4-2-1-3-5-9/h1-6H,7,11H2/b10-6-. The van der Waals surface area contributed by atoms with Crippen molar-refractivity contribution in [2.75, 3.05) is 6.54 Å². The van der Waals surface area contributed by atoms with E-state index in [-0.39, 0.29) is 0 Å². The molecule has 1 rings (SSSR count). The Morgan fingerprint density at radius 2 is 2.08 bits per heavy atom. The normalized spacial score (nSPS) is 10.8. The molecule has 0 spiro atoms. The Labute approximate surface area is 71.9 Å². The van der Waals surface area contributed by atoms with Crippen molar-refractivity contribution in [3.63, 3.8) is 0 Å². The minimum Gasteiger partial charge on any atom is -0.326 e. The number of nitrogens with two attached hydrogens (primary N) is 1. The predicted octanol–water partition coefficient (Wildman–Crippen LogP) is 1.55. The van der Waals surface area contributed by atoms with Gasteiger partial charge in [0.05, 0.1) is 6.07 Å². The zero-order valence-corrected chi connectivity index (χ0v) is 6.70. The molecule has 60 valence electrons. The van der Waals surface area contributed by atoms with Gasteiger partial charge < -0.3 is 5.73 Å². The number of hydrogen-bond acceptors (Lipinski definition) is 2. The van der Waals surface area contributed by atoms with Crippen molar-refractivity contribution in [3.8, 4) is 6.07 Å². The van der Waals surface area contributed by atoms with Gasteiger partial charge in [0.1, 0.15) is 0 Å². The van der Waals surface area contributed by atoms with E-state index < -0.39 is 0 Å². The van der Waals surface area contributed by atoms with E-state index in [4.69, 9.17) is 11.0 Å². The smallest absolute Gasteiger partial charge is 0.0960 e. The Morgan fingerprint density at radius 1 is 1.42 bits per heavy atom. The summed E-state index contributed by atoms with van der Waals surface area (Å²) in [5.41, 5.74) is 6.95. The summed E-state index contributed by atoms with van der Waals surface area (Å²) in [6.45, 7) is 0.297. The fourth-order valence-corrected chi connectivity index (χ4v) is 0.887. The molecule has 0 bridgehead atoms. The molecule has 0 saturated heterocycles. The van der Waals surface area contributed by atoms with E-state index in [2.05, 4.69) is 0 Å². The Hall–Kier alpha value is -1.59. The van der Waals surface area contributed by atoms with Crippen molar-refractivity contribution in [1.29, 1.82) is 5.26 Å². The maximum Gasteiger partial charge on any atom is 0.0960 e. The molecule has 1 aromatic carbocycles. The Balaban J connectivity index is 2.88. The average Bonchev–Trinajstić information content (AvgIpc) is 2.16.